The summed E-state index contributed by atoms with van der Waals surface area (Å²) in [4.78, 5) is 9.08. The summed E-state index contributed by atoms with van der Waals surface area (Å²) >= 11 is 0. The molecular formula is C21H24N2. The highest BCUT2D eigenvalue weighted by Crippen LogP contribution is 2.20. The first-order chi connectivity index (χ1) is 11.0. The first kappa shape index (κ1) is 16.9. The van der Waals surface area contributed by atoms with Crippen LogP contribution in [0, 0.1) is 5.41 Å². The Balaban J connectivity index is 2.24. The Hall–Kier alpha value is -2.44. The topological polar surface area (TPSA) is 24.7 Å². The second kappa shape index (κ2) is 7.71. The summed E-state index contributed by atoms with van der Waals surface area (Å²) in [6.45, 7) is 9.10. The summed E-state index contributed by atoms with van der Waals surface area (Å²) in [6, 6.07) is 18.3. The predicted molar refractivity (Wildman–Crippen MR) is 101 cm³/mol. The zero-order valence-electron chi connectivity index (χ0n) is 14.4. The first-order valence-corrected chi connectivity index (χ1v) is 7.90. The predicted octanol–water partition coefficient (Wildman–Crippen LogP) is 5.71. The number of rotatable bonds is 4. The van der Waals surface area contributed by atoms with Gasteiger partial charge in [-0.1, -0.05) is 69.3 Å². The van der Waals surface area contributed by atoms with Crippen LogP contribution in [-0.4, -0.2) is 12.1 Å². The zero-order valence-corrected chi connectivity index (χ0v) is 14.4. The van der Waals surface area contributed by atoms with Gasteiger partial charge in [0.15, 0.2) is 0 Å². The Morgan fingerprint density at radius 3 is 2.35 bits per heavy atom. The molecule has 0 aromatic heterocycles. The van der Waals surface area contributed by atoms with Gasteiger partial charge in [-0.2, -0.15) is 0 Å². The average Bonchev–Trinajstić information content (AvgIpc) is 2.53. The molecule has 2 nitrogen and oxygen atoms in total. The number of aliphatic imine (C=N–C) groups is 2. The second-order valence-electron chi connectivity index (χ2n) is 6.68. The Labute approximate surface area is 139 Å². The normalized spacial score (nSPS) is 11.3. The highest BCUT2D eigenvalue weighted by Gasteiger charge is 2.05. The van der Waals surface area contributed by atoms with Gasteiger partial charge in [0, 0.05) is 11.8 Å². The molecule has 0 heterocycles. The van der Waals surface area contributed by atoms with Crippen LogP contribution in [0.4, 0.5) is 5.69 Å². The van der Waals surface area contributed by atoms with Crippen LogP contribution < -0.4 is 0 Å². The van der Waals surface area contributed by atoms with E-state index in [1.165, 1.54) is 0 Å². The molecule has 0 radical (unpaired) electrons. The van der Waals surface area contributed by atoms with Crippen molar-refractivity contribution in [2.75, 3.05) is 0 Å². The molecule has 0 aliphatic heterocycles. The number of hydrogen-bond acceptors (Lipinski definition) is 2. The molecule has 0 unspecified atom stereocenters. The second-order valence-corrected chi connectivity index (χ2v) is 6.68. The van der Waals surface area contributed by atoms with Crippen molar-refractivity contribution in [3.63, 3.8) is 0 Å². The van der Waals surface area contributed by atoms with Gasteiger partial charge < -0.3 is 0 Å². The molecule has 0 saturated heterocycles. The standard InChI is InChI=1S/C21H24N2/c1-17(18-10-6-5-7-11-18)14-23-20-13-9-8-12-19(20)15-22-16-21(2,3)4/h5-13,16H,15H2,1-4H3. The summed E-state index contributed by atoms with van der Waals surface area (Å²) in [5.41, 5.74) is 4.30. The van der Waals surface area contributed by atoms with Crippen molar-refractivity contribution in [1.29, 1.82) is 0 Å². The monoisotopic (exact) mass is 304 g/mol. The molecule has 0 aliphatic carbocycles. The highest BCUT2D eigenvalue weighted by atomic mass is 14.8. The molecule has 0 saturated carbocycles. The fraction of sp³-hybridized carbons (Fsp3) is 0.286. The van der Waals surface area contributed by atoms with E-state index >= 15 is 0 Å². The van der Waals surface area contributed by atoms with Crippen LogP contribution in [0.3, 0.4) is 0 Å². The summed E-state index contributed by atoms with van der Waals surface area (Å²) in [6.07, 6.45) is 2.00. The van der Waals surface area contributed by atoms with E-state index in [9.17, 15) is 0 Å². The minimum Gasteiger partial charge on any atom is -0.292 e. The van der Waals surface area contributed by atoms with Gasteiger partial charge in [0.05, 0.1) is 12.2 Å². The molecule has 23 heavy (non-hydrogen) atoms. The SMILES string of the molecule is CC(=C=Nc1ccccc1CN=CC(C)(C)C)c1ccccc1. The summed E-state index contributed by atoms with van der Waals surface area (Å²) in [5.74, 6) is 3.15. The first-order valence-electron chi connectivity index (χ1n) is 7.90. The van der Waals surface area contributed by atoms with Crippen molar-refractivity contribution in [1.82, 2.24) is 0 Å². The van der Waals surface area contributed by atoms with Crippen LogP contribution in [0.15, 0.2) is 64.6 Å². The molecule has 0 fully saturated rings. The van der Waals surface area contributed by atoms with E-state index in [1.54, 1.807) is 0 Å². The van der Waals surface area contributed by atoms with Gasteiger partial charge in [-0.05, 0) is 35.4 Å². The Morgan fingerprint density at radius 1 is 1.00 bits per heavy atom. The molecule has 2 aromatic rings. The highest BCUT2D eigenvalue weighted by molar-refractivity contribution is 5.89. The van der Waals surface area contributed by atoms with Gasteiger partial charge in [-0.25, -0.2) is 4.99 Å². The average molecular weight is 304 g/mol. The largest absolute Gasteiger partial charge is 0.292 e. The molecule has 2 rings (SSSR count). The quantitative estimate of drug-likeness (QED) is 0.646. The lowest BCUT2D eigenvalue weighted by atomic mass is 9.99. The molecule has 0 spiro atoms. The van der Waals surface area contributed by atoms with Crippen LogP contribution in [0.2, 0.25) is 0 Å². The van der Waals surface area contributed by atoms with Crippen LogP contribution in [-0.2, 0) is 6.54 Å². The minimum absolute atomic E-state index is 0.0992. The number of allylic oxidation sites excluding steroid dienone is 1. The van der Waals surface area contributed by atoms with Gasteiger partial charge in [0.1, 0.15) is 0 Å². The van der Waals surface area contributed by atoms with Crippen LogP contribution in [0.5, 0.6) is 0 Å². The molecule has 2 aromatic carbocycles. The third-order valence-electron chi connectivity index (χ3n) is 3.28. The van der Waals surface area contributed by atoms with Crippen LogP contribution >= 0.6 is 0 Å². The van der Waals surface area contributed by atoms with Crippen molar-refractivity contribution < 1.29 is 0 Å². The zero-order chi connectivity index (χ0) is 16.7. The van der Waals surface area contributed by atoms with Crippen molar-refractivity contribution in [2.24, 2.45) is 15.4 Å². The lowest BCUT2D eigenvalue weighted by molar-refractivity contribution is 0.604. The third kappa shape index (κ3) is 5.69. The molecule has 0 N–H and O–H groups in total. The van der Waals surface area contributed by atoms with E-state index in [0.717, 1.165) is 22.4 Å². The summed E-state index contributed by atoms with van der Waals surface area (Å²) in [7, 11) is 0. The van der Waals surface area contributed by atoms with Crippen molar-refractivity contribution in [2.45, 2.75) is 34.2 Å². The van der Waals surface area contributed by atoms with Crippen LogP contribution in [0.1, 0.15) is 38.8 Å². The summed E-state index contributed by atoms with van der Waals surface area (Å²) < 4.78 is 0. The van der Waals surface area contributed by atoms with Crippen molar-refractivity contribution >= 4 is 23.3 Å². The molecule has 0 amide bonds. The van der Waals surface area contributed by atoms with Crippen molar-refractivity contribution in [3.05, 3.63) is 65.7 Å². The number of para-hydroxylation sites is 1. The van der Waals surface area contributed by atoms with Gasteiger partial charge >= 0.3 is 0 Å². The number of hydrogen-bond donors (Lipinski definition) is 0. The maximum absolute atomic E-state index is 4.54. The van der Waals surface area contributed by atoms with E-state index in [4.69, 9.17) is 0 Å². The molecule has 0 atom stereocenters. The van der Waals surface area contributed by atoms with E-state index < -0.39 is 0 Å². The Bertz CT molecular complexity index is 728. The molecule has 0 aliphatic rings. The van der Waals surface area contributed by atoms with E-state index in [-0.39, 0.29) is 5.41 Å². The minimum atomic E-state index is 0.0992. The maximum Gasteiger partial charge on any atom is 0.0780 e. The van der Waals surface area contributed by atoms with Crippen LogP contribution in [0.25, 0.3) is 5.57 Å². The maximum atomic E-state index is 4.54. The van der Waals surface area contributed by atoms with Gasteiger partial charge in [0.2, 0.25) is 0 Å². The fourth-order valence-corrected chi connectivity index (χ4v) is 2.07. The van der Waals surface area contributed by atoms with E-state index in [2.05, 4.69) is 54.8 Å². The third-order valence-corrected chi connectivity index (χ3v) is 3.28. The molecule has 118 valence electrons. The van der Waals surface area contributed by atoms with E-state index in [1.807, 2.05) is 49.5 Å². The molecule has 2 heteroatoms. The van der Waals surface area contributed by atoms with Gasteiger partial charge in [-0.3, -0.25) is 4.99 Å². The lowest BCUT2D eigenvalue weighted by Gasteiger charge is -2.10. The number of nitrogens with zero attached hydrogens (tertiary/aromatic N) is 2. The van der Waals surface area contributed by atoms with Gasteiger partial charge in [-0.15, -0.1) is 0 Å². The number of benzene rings is 2. The Kier molecular flexibility index (Phi) is 5.67. The smallest absolute Gasteiger partial charge is 0.0780 e. The molecular weight excluding hydrogens is 280 g/mol. The van der Waals surface area contributed by atoms with Gasteiger partial charge in [0.25, 0.3) is 0 Å². The molecule has 0 bridgehead atoms. The summed E-state index contributed by atoms with van der Waals surface area (Å²) in [5, 5.41) is 0. The Morgan fingerprint density at radius 2 is 1.65 bits per heavy atom. The van der Waals surface area contributed by atoms with E-state index in [0.29, 0.717) is 6.54 Å². The fourth-order valence-electron chi connectivity index (χ4n) is 2.07. The lowest BCUT2D eigenvalue weighted by Crippen LogP contribution is -2.06. The van der Waals surface area contributed by atoms with Crippen molar-refractivity contribution in [3.8, 4) is 0 Å².